The summed E-state index contributed by atoms with van der Waals surface area (Å²) in [5, 5.41) is 0. The molecule has 2 nitrogen and oxygen atoms in total. The Morgan fingerprint density at radius 1 is 0.565 bits per heavy atom. The monoisotopic (exact) mass is 408 g/mol. The Bertz CT molecular complexity index is 981. The lowest BCUT2D eigenvalue weighted by molar-refractivity contribution is 1.25. The molecule has 0 atom stereocenters. The van der Waals surface area contributed by atoms with Crippen LogP contribution in [0.1, 0.15) is 0 Å². The summed E-state index contributed by atoms with van der Waals surface area (Å²) < 4.78 is 0.921. The van der Waals surface area contributed by atoms with E-state index in [0.29, 0.717) is 0 Å². The number of rotatable bonds is 2. The van der Waals surface area contributed by atoms with Crippen molar-refractivity contribution in [3.8, 4) is 22.4 Å². The third kappa shape index (κ3) is 2.72. The molecule has 1 heterocycles. The molecule has 0 saturated heterocycles. The molecule has 0 amide bonds. The average Bonchev–Trinajstić information content (AvgIpc) is 2.62. The number of aromatic nitrogens is 2. The van der Waals surface area contributed by atoms with E-state index in [4.69, 9.17) is 9.97 Å². The maximum atomic E-state index is 4.86. The highest BCUT2D eigenvalue weighted by Gasteiger charge is 2.13. The Labute approximate surface area is 148 Å². The molecule has 110 valence electrons. The van der Waals surface area contributed by atoms with Gasteiger partial charge in [0.15, 0.2) is 0 Å². The van der Waals surface area contributed by atoms with Gasteiger partial charge >= 0.3 is 0 Å². The van der Waals surface area contributed by atoms with E-state index >= 15 is 0 Å². The summed E-state index contributed by atoms with van der Waals surface area (Å²) in [6.07, 6.45) is 0. The first kappa shape index (κ1) is 14.3. The van der Waals surface area contributed by atoms with E-state index in [1.54, 1.807) is 0 Å². The molecule has 0 N–H and O–H groups in total. The van der Waals surface area contributed by atoms with Gasteiger partial charge < -0.3 is 0 Å². The van der Waals surface area contributed by atoms with Crippen molar-refractivity contribution < 1.29 is 0 Å². The van der Waals surface area contributed by atoms with Crippen molar-refractivity contribution in [2.24, 2.45) is 0 Å². The van der Waals surface area contributed by atoms with Crippen LogP contribution in [0.2, 0.25) is 0 Å². The van der Waals surface area contributed by atoms with Crippen LogP contribution in [0.5, 0.6) is 0 Å². The Kier molecular flexibility index (Phi) is 3.79. The SMILES string of the molecule is Ic1nc2ccccc2nc1-c1ccccc1-c1ccccc1. The normalized spacial score (nSPS) is 10.8. The highest BCUT2D eigenvalue weighted by atomic mass is 127. The van der Waals surface area contributed by atoms with Crippen molar-refractivity contribution in [1.82, 2.24) is 9.97 Å². The molecule has 1 aromatic heterocycles. The van der Waals surface area contributed by atoms with Crippen LogP contribution in [-0.4, -0.2) is 9.97 Å². The van der Waals surface area contributed by atoms with Gasteiger partial charge in [0.05, 0.1) is 11.0 Å². The van der Waals surface area contributed by atoms with E-state index in [1.165, 1.54) is 11.1 Å². The van der Waals surface area contributed by atoms with E-state index in [-0.39, 0.29) is 0 Å². The van der Waals surface area contributed by atoms with Crippen LogP contribution in [0.3, 0.4) is 0 Å². The first-order valence-corrected chi connectivity index (χ1v) is 8.48. The summed E-state index contributed by atoms with van der Waals surface area (Å²) in [5.41, 5.74) is 6.26. The third-order valence-electron chi connectivity index (χ3n) is 3.79. The fourth-order valence-corrected chi connectivity index (χ4v) is 3.38. The minimum Gasteiger partial charge on any atom is -0.243 e. The van der Waals surface area contributed by atoms with Crippen LogP contribution in [-0.2, 0) is 0 Å². The van der Waals surface area contributed by atoms with Gasteiger partial charge in [-0.25, -0.2) is 9.97 Å². The average molecular weight is 408 g/mol. The predicted octanol–water partition coefficient (Wildman–Crippen LogP) is 5.57. The molecule has 0 fully saturated rings. The van der Waals surface area contributed by atoms with Gasteiger partial charge in [-0.15, -0.1) is 0 Å². The van der Waals surface area contributed by atoms with Gasteiger partial charge in [0.25, 0.3) is 0 Å². The van der Waals surface area contributed by atoms with Gasteiger partial charge in [0.1, 0.15) is 9.39 Å². The lowest BCUT2D eigenvalue weighted by Crippen LogP contribution is -1.95. The van der Waals surface area contributed by atoms with Crippen molar-refractivity contribution in [3.05, 3.63) is 82.6 Å². The quantitative estimate of drug-likeness (QED) is 0.406. The third-order valence-corrected chi connectivity index (χ3v) is 4.55. The number of nitrogens with zero attached hydrogens (tertiary/aromatic N) is 2. The molecule has 0 bridgehead atoms. The Morgan fingerprint density at radius 2 is 1.13 bits per heavy atom. The summed E-state index contributed by atoms with van der Waals surface area (Å²) in [7, 11) is 0. The molecular formula is C20H13IN2. The maximum absolute atomic E-state index is 4.86. The van der Waals surface area contributed by atoms with Crippen LogP contribution in [0.4, 0.5) is 0 Å². The van der Waals surface area contributed by atoms with Crippen molar-refractivity contribution in [2.75, 3.05) is 0 Å². The van der Waals surface area contributed by atoms with E-state index in [1.807, 2.05) is 30.3 Å². The highest BCUT2D eigenvalue weighted by molar-refractivity contribution is 14.1. The van der Waals surface area contributed by atoms with E-state index in [9.17, 15) is 0 Å². The van der Waals surface area contributed by atoms with Crippen molar-refractivity contribution >= 4 is 33.6 Å². The number of para-hydroxylation sites is 2. The second-order valence-corrected chi connectivity index (χ2v) is 6.29. The van der Waals surface area contributed by atoms with Crippen LogP contribution in [0, 0.1) is 3.70 Å². The number of halogens is 1. The van der Waals surface area contributed by atoms with Gasteiger partial charge in [-0.1, -0.05) is 66.7 Å². The zero-order chi connectivity index (χ0) is 15.6. The highest BCUT2D eigenvalue weighted by Crippen LogP contribution is 2.33. The molecule has 4 aromatic rings. The predicted molar refractivity (Wildman–Crippen MR) is 103 cm³/mol. The Balaban J connectivity index is 1.97. The van der Waals surface area contributed by atoms with Crippen LogP contribution >= 0.6 is 22.6 Å². The minimum absolute atomic E-state index is 0.921. The summed E-state index contributed by atoms with van der Waals surface area (Å²) in [5.74, 6) is 0. The first-order valence-electron chi connectivity index (χ1n) is 7.40. The Morgan fingerprint density at radius 3 is 1.87 bits per heavy atom. The molecule has 4 rings (SSSR count). The molecule has 0 radical (unpaired) electrons. The fourth-order valence-electron chi connectivity index (χ4n) is 2.71. The molecule has 0 unspecified atom stereocenters. The summed E-state index contributed by atoms with van der Waals surface area (Å²) in [4.78, 5) is 9.57. The van der Waals surface area contributed by atoms with E-state index in [2.05, 4.69) is 71.1 Å². The number of benzene rings is 3. The first-order chi connectivity index (χ1) is 11.3. The summed E-state index contributed by atoms with van der Waals surface area (Å²) in [6.45, 7) is 0. The van der Waals surface area contributed by atoms with Crippen molar-refractivity contribution in [1.29, 1.82) is 0 Å². The minimum atomic E-state index is 0.921. The van der Waals surface area contributed by atoms with Crippen molar-refractivity contribution in [3.63, 3.8) is 0 Å². The van der Waals surface area contributed by atoms with Gasteiger partial charge in [0.2, 0.25) is 0 Å². The lowest BCUT2D eigenvalue weighted by atomic mass is 9.98. The molecule has 0 aliphatic heterocycles. The molecule has 0 aliphatic rings. The lowest BCUT2D eigenvalue weighted by Gasteiger charge is -2.11. The summed E-state index contributed by atoms with van der Waals surface area (Å²) >= 11 is 2.27. The molecule has 0 spiro atoms. The molecule has 0 aliphatic carbocycles. The zero-order valence-electron chi connectivity index (χ0n) is 12.3. The zero-order valence-corrected chi connectivity index (χ0v) is 14.4. The summed E-state index contributed by atoms with van der Waals surface area (Å²) in [6, 6.07) is 26.8. The van der Waals surface area contributed by atoms with Gasteiger partial charge in [-0.05, 0) is 45.9 Å². The van der Waals surface area contributed by atoms with Crippen LogP contribution < -0.4 is 0 Å². The molecule has 3 heteroatoms. The van der Waals surface area contributed by atoms with Gasteiger partial charge in [-0.3, -0.25) is 0 Å². The number of fused-ring (bicyclic) bond motifs is 1. The Hall–Kier alpha value is -2.27. The fraction of sp³-hybridized carbons (Fsp3) is 0. The number of hydrogen-bond donors (Lipinski definition) is 0. The van der Waals surface area contributed by atoms with E-state index in [0.717, 1.165) is 26.0 Å². The van der Waals surface area contributed by atoms with Crippen LogP contribution in [0.25, 0.3) is 33.4 Å². The molecule has 23 heavy (non-hydrogen) atoms. The van der Waals surface area contributed by atoms with E-state index < -0.39 is 0 Å². The largest absolute Gasteiger partial charge is 0.243 e. The van der Waals surface area contributed by atoms with Crippen LogP contribution in [0.15, 0.2) is 78.9 Å². The molecular weight excluding hydrogens is 395 g/mol. The topological polar surface area (TPSA) is 25.8 Å². The molecule has 0 saturated carbocycles. The maximum Gasteiger partial charge on any atom is 0.128 e. The molecule has 3 aromatic carbocycles. The smallest absolute Gasteiger partial charge is 0.128 e. The standard InChI is InChI=1S/C20H13IN2/c21-20-19(22-17-12-6-7-13-18(17)23-20)16-11-5-4-10-15(16)14-8-2-1-3-9-14/h1-13H. The second kappa shape index (κ2) is 6.08. The second-order valence-electron chi connectivity index (χ2n) is 5.26. The van der Waals surface area contributed by atoms with Gasteiger partial charge in [-0.2, -0.15) is 0 Å². The van der Waals surface area contributed by atoms with Gasteiger partial charge in [0, 0.05) is 5.56 Å². The van der Waals surface area contributed by atoms with Crippen molar-refractivity contribution in [2.45, 2.75) is 0 Å². The number of hydrogen-bond acceptors (Lipinski definition) is 2.